The van der Waals surface area contributed by atoms with E-state index in [0.717, 1.165) is 24.3 Å². The number of nitrogens with zero attached hydrogens (tertiary/aromatic N) is 2. The van der Waals surface area contributed by atoms with Gasteiger partial charge in [-0.15, -0.1) is 11.3 Å². The molecule has 1 aliphatic rings. The average molecular weight is 286 g/mol. The predicted octanol–water partition coefficient (Wildman–Crippen LogP) is 3.27. The lowest BCUT2D eigenvalue weighted by Gasteiger charge is -2.21. The zero-order valence-electron chi connectivity index (χ0n) is 11.4. The maximum absolute atomic E-state index is 12.4. The third kappa shape index (κ3) is 3.45. The van der Waals surface area contributed by atoms with Crippen molar-refractivity contribution in [1.29, 1.82) is 0 Å². The Morgan fingerprint density at radius 2 is 2.10 bits per heavy atom. The van der Waals surface area contributed by atoms with Crippen LogP contribution in [0.15, 0.2) is 41.9 Å². The van der Waals surface area contributed by atoms with Gasteiger partial charge in [0.05, 0.1) is 6.54 Å². The van der Waals surface area contributed by atoms with E-state index in [4.69, 9.17) is 0 Å². The van der Waals surface area contributed by atoms with E-state index in [2.05, 4.69) is 17.1 Å². The van der Waals surface area contributed by atoms with Crippen LogP contribution in [0.3, 0.4) is 0 Å². The third-order valence-electron chi connectivity index (χ3n) is 3.57. The smallest absolute Gasteiger partial charge is 0.223 e. The van der Waals surface area contributed by atoms with E-state index in [9.17, 15) is 4.79 Å². The minimum atomic E-state index is 0.256. The maximum atomic E-state index is 12.4. The summed E-state index contributed by atoms with van der Waals surface area (Å²) in [6.45, 7) is 0.677. The number of aromatic nitrogens is 1. The Morgan fingerprint density at radius 3 is 2.75 bits per heavy atom. The summed E-state index contributed by atoms with van der Waals surface area (Å²) in [6, 6.07) is 10.7. The largest absolute Gasteiger partial charge is 0.333 e. The van der Waals surface area contributed by atoms with Gasteiger partial charge in [-0.3, -0.25) is 4.79 Å². The summed E-state index contributed by atoms with van der Waals surface area (Å²) in [6.07, 6.45) is 5.50. The predicted molar refractivity (Wildman–Crippen MR) is 80.4 cm³/mol. The fourth-order valence-corrected chi connectivity index (χ4v) is 2.94. The monoisotopic (exact) mass is 286 g/mol. The summed E-state index contributed by atoms with van der Waals surface area (Å²) in [5.74, 6) is 0.256. The number of carbonyl (C=O) groups excluding carboxylic acids is 1. The maximum Gasteiger partial charge on any atom is 0.223 e. The van der Waals surface area contributed by atoms with Crippen molar-refractivity contribution in [2.24, 2.45) is 0 Å². The molecule has 3 rings (SSSR count). The van der Waals surface area contributed by atoms with Crippen LogP contribution in [0.25, 0.3) is 0 Å². The van der Waals surface area contributed by atoms with Crippen molar-refractivity contribution in [1.82, 2.24) is 9.88 Å². The van der Waals surface area contributed by atoms with Crippen LogP contribution in [0, 0.1) is 0 Å². The van der Waals surface area contributed by atoms with Crippen molar-refractivity contribution in [2.45, 2.75) is 38.3 Å². The lowest BCUT2D eigenvalue weighted by Crippen LogP contribution is -2.32. The Labute approximate surface area is 123 Å². The first-order valence-electron chi connectivity index (χ1n) is 7.04. The van der Waals surface area contributed by atoms with Gasteiger partial charge in [0.15, 0.2) is 0 Å². The summed E-state index contributed by atoms with van der Waals surface area (Å²) in [5, 5.41) is 3.00. The number of thiazole rings is 1. The van der Waals surface area contributed by atoms with Crippen molar-refractivity contribution >= 4 is 17.2 Å². The molecular formula is C16H18N2OS. The van der Waals surface area contributed by atoms with Gasteiger partial charge in [-0.2, -0.15) is 0 Å². The van der Waals surface area contributed by atoms with Gasteiger partial charge in [-0.05, 0) is 24.8 Å². The van der Waals surface area contributed by atoms with E-state index >= 15 is 0 Å². The summed E-state index contributed by atoms with van der Waals surface area (Å²) in [7, 11) is 0. The molecular weight excluding hydrogens is 268 g/mol. The van der Waals surface area contributed by atoms with Crippen LogP contribution in [0.5, 0.6) is 0 Å². The van der Waals surface area contributed by atoms with Crippen LogP contribution in [0.1, 0.15) is 29.8 Å². The molecule has 1 heterocycles. The minimum Gasteiger partial charge on any atom is -0.333 e. The Hall–Kier alpha value is -1.68. The van der Waals surface area contributed by atoms with Gasteiger partial charge >= 0.3 is 0 Å². The Kier molecular flexibility index (Phi) is 4.11. The molecule has 1 saturated carbocycles. The standard InChI is InChI=1S/C16H18N2OS/c19-16(9-6-13-4-2-1-3-5-13)18(14-7-8-14)12-15-17-10-11-20-15/h1-5,10-11,14H,6-9,12H2. The van der Waals surface area contributed by atoms with Crippen molar-refractivity contribution in [2.75, 3.05) is 0 Å². The highest BCUT2D eigenvalue weighted by atomic mass is 32.1. The molecule has 1 fully saturated rings. The van der Waals surface area contributed by atoms with Gasteiger partial charge in [0.1, 0.15) is 5.01 Å². The number of rotatable bonds is 6. The van der Waals surface area contributed by atoms with Gasteiger partial charge in [-0.25, -0.2) is 4.98 Å². The van der Waals surface area contributed by atoms with Crippen LogP contribution in [-0.4, -0.2) is 21.8 Å². The van der Waals surface area contributed by atoms with E-state index in [1.165, 1.54) is 5.56 Å². The second-order valence-electron chi connectivity index (χ2n) is 5.16. The topological polar surface area (TPSA) is 33.2 Å². The molecule has 1 aromatic carbocycles. The van der Waals surface area contributed by atoms with Crippen molar-refractivity contribution < 1.29 is 4.79 Å². The van der Waals surface area contributed by atoms with Gasteiger partial charge in [0, 0.05) is 24.0 Å². The Balaban J connectivity index is 1.58. The van der Waals surface area contributed by atoms with Crippen molar-refractivity contribution in [3.8, 4) is 0 Å². The normalized spacial score (nSPS) is 14.2. The number of carbonyl (C=O) groups is 1. The molecule has 0 unspecified atom stereocenters. The quantitative estimate of drug-likeness (QED) is 0.816. The average Bonchev–Trinajstić information content (AvgIpc) is 3.20. The summed E-state index contributed by atoms with van der Waals surface area (Å²) in [5.41, 5.74) is 1.23. The summed E-state index contributed by atoms with van der Waals surface area (Å²) < 4.78 is 0. The third-order valence-corrected chi connectivity index (χ3v) is 4.33. The van der Waals surface area contributed by atoms with E-state index in [1.807, 2.05) is 28.5 Å². The lowest BCUT2D eigenvalue weighted by molar-refractivity contribution is -0.132. The fraction of sp³-hybridized carbons (Fsp3) is 0.375. The molecule has 2 aromatic rings. The fourth-order valence-electron chi connectivity index (χ4n) is 2.32. The van der Waals surface area contributed by atoms with Crippen LogP contribution in [-0.2, 0) is 17.8 Å². The second-order valence-corrected chi connectivity index (χ2v) is 6.14. The van der Waals surface area contributed by atoms with E-state index in [-0.39, 0.29) is 5.91 Å². The molecule has 0 atom stereocenters. The SMILES string of the molecule is O=C(CCc1ccccc1)N(Cc1nccs1)C1CC1. The number of amides is 1. The van der Waals surface area contributed by atoms with Crippen LogP contribution in [0.2, 0.25) is 0 Å². The summed E-state index contributed by atoms with van der Waals surface area (Å²) >= 11 is 1.62. The molecule has 0 spiro atoms. The molecule has 0 radical (unpaired) electrons. The first kappa shape index (κ1) is 13.3. The molecule has 4 heteroatoms. The molecule has 104 valence electrons. The van der Waals surface area contributed by atoms with Gasteiger partial charge in [-0.1, -0.05) is 30.3 Å². The highest BCUT2D eigenvalue weighted by Crippen LogP contribution is 2.29. The Bertz CT molecular complexity index is 549. The van der Waals surface area contributed by atoms with Crippen molar-refractivity contribution in [3.63, 3.8) is 0 Å². The van der Waals surface area contributed by atoms with Gasteiger partial charge in [0.25, 0.3) is 0 Å². The van der Waals surface area contributed by atoms with Crippen LogP contribution >= 0.6 is 11.3 Å². The van der Waals surface area contributed by atoms with Gasteiger partial charge < -0.3 is 4.90 Å². The number of benzene rings is 1. The molecule has 1 amide bonds. The highest BCUT2D eigenvalue weighted by Gasteiger charge is 2.32. The summed E-state index contributed by atoms with van der Waals surface area (Å²) in [4.78, 5) is 18.7. The molecule has 0 bridgehead atoms. The van der Waals surface area contributed by atoms with E-state index < -0.39 is 0 Å². The first-order chi connectivity index (χ1) is 9.83. The molecule has 0 N–H and O–H groups in total. The molecule has 3 nitrogen and oxygen atoms in total. The number of aryl methyl sites for hydroxylation is 1. The lowest BCUT2D eigenvalue weighted by atomic mass is 10.1. The van der Waals surface area contributed by atoms with Crippen molar-refractivity contribution in [3.05, 3.63) is 52.5 Å². The van der Waals surface area contributed by atoms with Crippen LogP contribution in [0.4, 0.5) is 0 Å². The molecule has 1 aromatic heterocycles. The molecule has 0 saturated heterocycles. The number of hydrogen-bond acceptors (Lipinski definition) is 3. The highest BCUT2D eigenvalue weighted by molar-refractivity contribution is 7.09. The second kappa shape index (κ2) is 6.18. The zero-order chi connectivity index (χ0) is 13.8. The minimum absolute atomic E-state index is 0.256. The zero-order valence-corrected chi connectivity index (χ0v) is 12.2. The molecule has 1 aliphatic carbocycles. The van der Waals surface area contributed by atoms with Crippen LogP contribution < -0.4 is 0 Å². The molecule has 20 heavy (non-hydrogen) atoms. The molecule has 0 aliphatic heterocycles. The first-order valence-corrected chi connectivity index (χ1v) is 7.92. The van der Waals surface area contributed by atoms with E-state index in [1.54, 1.807) is 17.5 Å². The van der Waals surface area contributed by atoms with E-state index in [0.29, 0.717) is 19.0 Å². The number of hydrogen-bond donors (Lipinski definition) is 0. The van der Waals surface area contributed by atoms with Gasteiger partial charge in [0.2, 0.25) is 5.91 Å². The Morgan fingerprint density at radius 1 is 1.30 bits per heavy atom.